The Morgan fingerprint density at radius 2 is 1.88 bits per heavy atom. The second kappa shape index (κ2) is 8.42. The maximum Gasteiger partial charge on any atom is 0.323 e. The van der Waals surface area contributed by atoms with E-state index in [1.165, 1.54) is 12.1 Å². The van der Waals surface area contributed by atoms with Gasteiger partial charge in [-0.15, -0.1) is 0 Å². The van der Waals surface area contributed by atoms with Crippen molar-refractivity contribution in [2.24, 2.45) is 5.92 Å². The number of anilines is 1. The van der Waals surface area contributed by atoms with Crippen LogP contribution in [0.2, 0.25) is 0 Å². The van der Waals surface area contributed by atoms with Crippen LogP contribution in [0.25, 0.3) is 0 Å². The van der Waals surface area contributed by atoms with E-state index in [2.05, 4.69) is 5.32 Å². The van der Waals surface area contributed by atoms with E-state index in [0.29, 0.717) is 17.9 Å². The van der Waals surface area contributed by atoms with E-state index in [-0.39, 0.29) is 18.6 Å². The van der Waals surface area contributed by atoms with Gasteiger partial charge < -0.3 is 15.8 Å². The zero-order valence-corrected chi connectivity index (χ0v) is 14.3. The van der Waals surface area contributed by atoms with Crippen LogP contribution in [0.4, 0.5) is 14.5 Å². The minimum atomic E-state index is -0.791. The van der Waals surface area contributed by atoms with E-state index in [1.54, 1.807) is 0 Å². The van der Waals surface area contributed by atoms with Gasteiger partial charge in [0.1, 0.15) is 29.5 Å². The summed E-state index contributed by atoms with van der Waals surface area (Å²) in [5.74, 6) is -1.58. The van der Waals surface area contributed by atoms with Crippen LogP contribution in [0.15, 0.2) is 12.1 Å². The maximum atomic E-state index is 13.5. The minimum Gasteiger partial charge on any atom is -0.461 e. The first-order valence-electron chi connectivity index (χ1n) is 8.54. The van der Waals surface area contributed by atoms with Crippen molar-refractivity contribution in [3.8, 4) is 0 Å². The van der Waals surface area contributed by atoms with Crippen molar-refractivity contribution in [1.29, 1.82) is 0 Å². The Kier molecular flexibility index (Phi) is 6.54. The van der Waals surface area contributed by atoms with E-state index in [0.717, 1.165) is 25.7 Å². The van der Waals surface area contributed by atoms with Crippen LogP contribution in [-0.4, -0.2) is 18.1 Å². The summed E-state index contributed by atoms with van der Waals surface area (Å²) in [6.07, 6.45) is 4.60. The summed E-state index contributed by atoms with van der Waals surface area (Å²) in [5.41, 5.74) is 5.18. The van der Waals surface area contributed by atoms with Crippen LogP contribution in [-0.2, 0) is 16.1 Å². The van der Waals surface area contributed by atoms with E-state index >= 15 is 0 Å². The first kappa shape index (κ1) is 18.6. The lowest BCUT2D eigenvalue weighted by atomic mass is 10.0. The van der Waals surface area contributed by atoms with Crippen LogP contribution < -0.4 is 11.1 Å². The predicted octanol–water partition coefficient (Wildman–Crippen LogP) is 3.54. The molecule has 0 aromatic heterocycles. The average Bonchev–Trinajstić information content (AvgIpc) is 3.01. The van der Waals surface area contributed by atoms with Crippen molar-refractivity contribution in [1.82, 2.24) is 5.32 Å². The summed E-state index contributed by atoms with van der Waals surface area (Å²) in [6.45, 7) is 4.20. The number of nitrogen functional groups attached to an aromatic ring is 1. The summed E-state index contributed by atoms with van der Waals surface area (Å²) in [5, 5.41) is 3.07. The minimum absolute atomic E-state index is 0.000347. The van der Waals surface area contributed by atoms with Gasteiger partial charge in [-0.3, -0.25) is 4.79 Å². The Morgan fingerprint density at radius 3 is 2.42 bits per heavy atom. The van der Waals surface area contributed by atoms with Gasteiger partial charge in [-0.25, -0.2) is 8.78 Å². The zero-order chi connectivity index (χ0) is 17.7. The smallest absolute Gasteiger partial charge is 0.323 e. The molecule has 1 aliphatic carbocycles. The topological polar surface area (TPSA) is 64.3 Å². The molecule has 4 nitrogen and oxygen atoms in total. The van der Waals surface area contributed by atoms with Crippen molar-refractivity contribution in [2.75, 3.05) is 5.73 Å². The standard InChI is InChI=1S/C18H26F2N2O2/c1-11(2)7-16(18(23)24-13-5-3-4-6-13)22-10-12-8-14(19)17(21)15(20)9-12/h8-9,11,13,16,22H,3-7,10,21H2,1-2H3/t16-/m0/s1. The lowest BCUT2D eigenvalue weighted by Crippen LogP contribution is -2.40. The highest BCUT2D eigenvalue weighted by molar-refractivity contribution is 5.76. The van der Waals surface area contributed by atoms with Gasteiger partial charge in [-0.2, -0.15) is 0 Å². The maximum absolute atomic E-state index is 13.5. The molecule has 0 heterocycles. The fourth-order valence-electron chi connectivity index (χ4n) is 2.97. The zero-order valence-electron chi connectivity index (χ0n) is 14.3. The fraction of sp³-hybridized carbons (Fsp3) is 0.611. The monoisotopic (exact) mass is 340 g/mol. The number of hydrogen-bond acceptors (Lipinski definition) is 4. The summed E-state index contributed by atoms with van der Waals surface area (Å²) in [7, 11) is 0. The summed E-state index contributed by atoms with van der Waals surface area (Å²) < 4.78 is 32.6. The van der Waals surface area contributed by atoms with Gasteiger partial charge in [0.25, 0.3) is 0 Å². The molecule has 6 heteroatoms. The number of carbonyl (C=O) groups excluding carboxylic acids is 1. The molecule has 2 rings (SSSR count). The normalized spacial score (nSPS) is 16.5. The Morgan fingerprint density at radius 1 is 1.29 bits per heavy atom. The molecule has 1 atom stereocenters. The largest absolute Gasteiger partial charge is 0.461 e. The highest BCUT2D eigenvalue weighted by atomic mass is 19.1. The van der Waals surface area contributed by atoms with Gasteiger partial charge in [0.05, 0.1) is 0 Å². The summed E-state index contributed by atoms with van der Waals surface area (Å²) in [6, 6.07) is 1.87. The predicted molar refractivity (Wildman–Crippen MR) is 89.2 cm³/mol. The molecular weight excluding hydrogens is 314 g/mol. The molecule has 0 bridgehead atoms. The molecule has 0 saturated heterocycles. The van der Waals surface area contributed by atoms with Crippen molar-refractivity contribution in [3.63, 3.8) is 0 Å². The molecule has 1 aliphatic rings. The molecule has 134 valence electrons. The second-order valence-corrected chi connectivity index (χ2v) is 6.88. The van der Waals surface area contributed by atoms with Crippen molar-refractivity contribution in [3.05, 3.63) is 29.3 Å². The number of nitrogens with two attached hydrogens (primary N) is 1. The highest BCUT2D eigenvalue weighted by Crippen LogP contribution is 2.22. The number of nitrogens with one attached hydrogen (secondary N) is 1. The van der Waals surface area contributed by atoms with Crippen LogP contribution in [0.5, 0.6) is 0 Å². The van der Waals surface area contributed by atoms with Gasteiger partial charge >= 0.3 is 5.97 Å². The number of halogens is 2. The Balaban J connectivity index is 1.98. The average molecular weight is 340 g/mol. The molecular formula is C18H26F2N2O2. The molecule has 1 saturated carbocycles. The first-order chi connectivity index (χ1) is 11.4. The molecule has 0 amide bonds. The fourth-order valence-corrected chi connectivity index (χ4v) is 2.97. The van der Waals surface area contributed by atoms with Gasteiger partial charge in [-0.1, -0.05) is 13.8 Å². The Bertz CT molecular complexity index is 549. The lowest BCUT2D eigenvalue weighted by Gasteiger charge is -2.22. The molecule has 24 heavy (non-hydrogen) atoms. The molecule has 1 aromatic carbocycles. The SMILES string of the molecule is CC(C)C[C@H](NCc1cc(F)c(N)c(F)c1)C(=O)OC1CCCC1. The molecule has 1 aromatic rings. The summed E-state index contributed by atoms with van der Waals surface area (Å²) in [4.78, 5) is 12.4. The van der Waals surface area contributed by atoms with Gasteiger partial charge in [0.2, 0.25) is 0 Å². The molecule has 0 aliphatic heterocycles. The van der Waals surface area contributed by atoms with E-state index in [4.69, 9.17) is 10.5 Å². The van der Waals surface area contributed by atoms with E-state index < -0.39 is 23.4 Å². The van der Waals surface area contributed by atoms with Crippen molar-refractivity contribution in [2.45, 2.75) is 64.6 Å². The number of esters is 1. The number of rotatable bonds is 7. The number of carbonyl (C=O) groups is 1. The van der Waals surface area contributed by atoms with Crippen LogP contribution in [0.3, 0.4) is 0 Å². The van der Waals surface area contributed by atoms with Gasteiger partial charge in [-0.05, 0) is 55.7 Å². The third-order valence-corrected chi connectivity index (χ3v) is 4.27. The Hall–Kier alpha value is -1.69. The van der Waals surface area contributed by atoms with Crippen molar-refractivity contribution >= 4 is 11.7 Å². The van der Waals surface area contributed by atoms with Gasteiger partial charge in [0, 0.05) is 6.54 Å². The second-order valence-electron chi connectivity index (χ2n) is 6.88. The van der Waals surface area contributed by atoms with Crippen LogP contribution in [0, 0.1) is 17.6 Å². The summed E-state index contributed by atoms with van der Waals surface area (Å²) >= 11 is 0. The Labute approximate surface area is 141 Å². The molecule has 0 spiro atoms. The van der Waals surface area contributed by atoms with Crippen LogP contribution in [0.1, 0.15) is 51.5 Å². The molecule has 3 N–H and O–H groups in total. The van der Waals surface area contributed by atoms with Gasteiger partial charge in [0.15, 0.2) is 0 Å². The lowest BCUT2D eigenvalue weighted by molar-refractivity contribution is -0.151. The molecule has 1 fully saturated rings. The third kappa shape index (κ3) is 5.16. The van der Waals surface area contributed by atoms with E-state index in [1.807, 2.05) is 13.8 Å². The quantitative estimate of drug-likeness (QED) is 0.589. The molecule has 0 unspecified atom stereocenters. The molecule has 0 radical (unpaired) electrons. The number of hydrogen-bond donors (Lipinski definition) is 2. The number of ether oxygens (including phenoxy) is 1. The first-order valence-corrected chi connectivity index (χ1v) is 8.54. The number of benzene rings is 1. The third-order valence-electron chi connectivity index (χ3n) is 4.27. The highest BCUT2D eigenvalue weighted by Gasteiger charge is 2.26. The van der Waals surface area contributed by atoms with E-state index in [9.17, 15) is 13.6 Å². The van der Waals surface area contributed by atoms with Crippen LogP contribution >= 0.6 is 0 Å². The van der Waals surface area contributed by atoms with Crippen molar-refractivity contribution < 1.29 is 18.3 Å².